The highest BCUT2D eigenvalue weighted by Crippen LogP contribution is 2.42. The Labute approximate surface area is 192 Å². The van der Waals surface area contributed by atoms with Crippen LogP contribution >= 0.6 is 11.6 Å². The Hall–Kier alpha value is -3.03. The van der Waals surface area contributed by atoms with Gasteiger partial charge < -0.3 is 9.84 Å². The Morgan fingerprint density at radius 2 is 1.88 bits per heavy atom. The van der Waals surface area contributed by atoms with Crippen LogP contribution in [0.5, 0.6) is 5.88 Å². The van der Waals surface area contributed by atoms with Crippen LogP contribution in [0.15, 0.2) is 36.5 Å². The average molecular weight is 452 g/mol. The molecule has 0 radical (unpaired) electrons. The topological polar surface area (TPSA) is 85.9 Å². The fourth-order valence-electron chi connectivity index (χ4n) is 4.23. The van der Waals surface area contributed by atoms with Gasteiger partial charge in [-0.3, -0.25) is 4.98 Å². The first-order valence-corrected chi connectivity index (χ1v) is 10.8. The third-order valence-electron chi connectivity index (χ3n) is 5.81. The smallest absolute Gasteiger partial charge is 0.218 e. The lowest BCUT2D eigenvalue weighted by Gasteiger charge is -2.30. The molecule has 3 aromatic heterocycles. The molecular formula is C24H26ClN5O2. The van der Waals surface area contributed by atoms with Crippen LogP contribution in [-0.4, -0.2) is 37.2 Å². The molecule has 1 aromatic carbocycles. The van der Waals surface area contributed by atoms with E-state index in [-0.39, 0.29) is 5.92 Å². The molecular weight excluding hydrogens is 426 g/mol. The molecule has 4 aromatic rings. The zero-order valence-corrected chi connectivity index (χ0v) is 19.8. The lowest BCUT2D eigenvalue weighted by atomic mass is 9.82. The molecule has 0 aliphatic carbocycles. The summed E-state index contributed by atoms with van der Waals surface area (Å²) in [5, 5.41) is 21.6. The highest BCUT2D eigenvalue weighted by molar-refractivity contribution is 6.36. The summed E-state index contributed by atoms with van der Waals surface area (Å²) in [6.45, 7) is 7.89. The van der Waals surface area contributed by atoms with Gasteiger partial charge in [0, 0.05) is 34.9 Å². The number of aryl methyl sites for hydroxylation is 3. The van der Waals surface area contributed by atoms with Crippen molar-refractivity contribution in [1.82, 2.24) is 25.0 Å². The molecule has 32 heavy (non-hydrogen) atoms. The van der Waals surface area contributed by atoms with Gasteiger partial charge in [-0.1, -0.05) is 42.8 Å². The molecule has 1 N–H and O–H groups in total. The number of fused-ring (bicyclic) bond motifs is 1. The van der Waals surface area contributed by atoms with Crippen LogP contribution in [0, 0.1) is 13.8 Å². The van der Waals surface area contributed by atoms with E-state index in [1.54, 1.807) is 25.0 Å². The van der Waals surface area contributed by atoms with E-state index >= 15 is 0 Å². The maximum atomic E-state index is 12.3. The lowest BCUT2D eigenvalue weighted by molar-refractivity contribution is 0.115. The summed E-state index contributed by atoms with van der Waals surface area (Å²) in [5.41, 5.74) is 3.35. The number of hydrogen-bond donors (Lipinski definition) is 1. The Balaban J connectivity index is 2.05. The van der Waals surface area contributed by atoms with E-state index in [9.17, 15) is 5.11 Å². The van der Waals surface area contributed by atoms with E-state index in [0.717, 1.165) is 22.3 Å². The highest BCUT2D eigenvalue weighted by Gasteiger charge is 2.39. The second kappa shape index (κ2) is 8.15. The summed E-state index contributed by atoms with van der Waals surface area (Å²) in [6, 6.07) is 9.33. The molecule has 0 unspecified atom stereocenters. The van der Waals surface area contributed by atoms with Gasteiger partial charge in [-0.2, -0.15) is 0 Å². The maximum Gasteiger partial charge on any atom is 0.218 e. The average Bonchev–Trinajstić information content (AvgIpc) is 3.19. The zero-order chi connectivity index (χ0) is 23.2. The minimum atomic E-state index is -1.54. The summed E-state index contributed by atoms with van der Waals surface area (Å²) in [7, 11) is 3.34. The van der Waals surface area contributed by atoms with Crippen LogP contribution in [0.4, 0.5) is 0 Å². The summed E-state index contributed by atoms with van der Waals surface area (Å²) in [4.78, 5) is 9.23. The summed E-state index contributed by atoms with van der Waals surface area (Å²) in [5.74, 6) is 0.622. The zero-order valence-electron chi connectivity index (χ0n) is 19.0. The summed E-state index contributed by atoms with van der Waals surface area (Å²) in [6.07, 6.45) is 1.57. The third kappa shape index (κ3) is 3.42. The van der Waals surface area contributed by atoms with Crippen LogP contribution in [0.1, 0.15) is 53.5 Å². The molecule has 4 rings (SSSR count). The van der Waals surface area contributed by atoms with E-state index in [4.69, 9.17) is 16.3 Å². The fraction of sp³-hybridized carbons (Fsp3) is 0.333. The Kier molecular flexibility index (Phi) is 5.65. The van der Waals surface area contributed by atoms with Crippen molar-refractivity contribution in [2.24, 2.45) is 7.05 Å². The maximum absolute atomic E-state index is 12.3. The van der Waals surface area contributed by atoms with Crippen LogP contribution in [0.2, 0.25) is 5.02 Å². The second-order valence-corrected chi connectivity index (χ2v) is 8.65. The Morgan fingerprint density at radius 3 is 2.47 bits per heavy atom. The van der Waals surface area contributed by atoms with Crippen LogP contribution < -0.4 is 4.74 Å². The number of halogens is 1. The van der Waals surface area contributed by atoms with Crippen molar-refractivity contribution in [1.29, 1.82) is 0 Å². The number of pyridine rings is 2. The summed E-state index contributed by atoms with van der Waals surface area (Å²) < 4.78 is 7.06. The van der Waals surface area contributed by atoms with E-state index in [2.05, 4.69) is 20.3 Å². The molecule has 1 atom stereocenters. The Morgan fingerprint density at radius 1 is 1.12 bits per heavy atom. The number of benzene rings is 1. The van der Waals surface area contributed by atoms with Crippen molar-refractivity contribution in [3.05, 3.63) is 75.3 Å². The van der Waals surface area contributed by atoms with Crippen molar-refractivity contribution in [3.63, 3.8) is 0 Å². The van der Waals surface area contributed by atoms with Crippen LogP contribution in [0.25, 0.3) is 10.9 Å². The van der Waals surface area contributed by atoms with Crippen LogP contribution in [-0.2, 0) is 12.6 Å². The molecule has 3 heterocycles. The highest BCUT2D eigenvalue weighted by atomic mass is 35.5. The molecule has 8 heteroatoms. The molecule has 0 spiro atoms. The van der Waals surface area contributed by atoms with Gasteiger partial charge in [0.2, 0.25) is 5.88 Å². The van der Waals surface area contributed by atoms with Gasteiger partial charge in [0.05, 0.1) is 29.5 Å². The van der Waals surface area contributed by atoms with E-state index < -0.39 is 5.60 Å². The standard InChI is InChI=1S/C24H26ClN5O2/c1-13(2)21-22(25)17-11-16(8-10-19(17)28-23(21)32-6)24(31,20-12-26-29-30(20)5)18-9-7-14(3)27-15(18)4/h7-13,31H,1-6H3/t24-/m0/s1. The molecule has 0 amide bonds. The van der Waals surface area contributed by atoms with Gasteiger partial charge >= 0.3 is 0 Å². The van der Waals surface area contributed by atoms with Crippen LogP contribution in [0.3, 0.4) is 0 Å². The van der Waals surface area contributed by atoms with E-state index in [0.29, 0.717) is 33.2 Å². The third-order valence-corrected chi connectivity index (χ3v) is 6.22. The first-order chi connectivity index (χ1) is 15.2. The number of ether oxygens (including phenoxy) is 1. The largest absolute Gasteiger partial charge is 0.481 e. The van der Waals surface area contributed by atoms with Crippen molar-refractivity contribution in [2.75, 3.05) is 7.11 Å². The number of rotatable bonds is 5. The molecule has 7 nitrogen and oxygen atoms in total. The van der Waals surface area contributed by atoms with Gasteiger partial charge in [0.15, 0.2) is 5.60 Å². The first-order valence-electron chi connectivity index (χ1n) is 10.4. The first kappa shape index (κ1) is 22.2. The minimum absolute atomic E-state index is 0.113. The minimum Gasteiger partial charge on any atom is -0.481 e. The molecule has 0 aliphatic rings. The summed E-state index contributed by atoms with van der Waals surface area (Å²) >= 11 is 6.85. The van der Waals surface area contributed by atoms with Gasteiger partial charge in [0.1, 0.15) is 0 Å². The van der Waals surface area contributed by atoms with Crippen molar-refractivity contribution in [3.8, 4) is 5.88 Å². The SMILES string of the molecule is COc1nc2ccc([C@](O)(c3ccc(C)nc3C)c3cnnn3C)cc2c(Cl)c1C(C)C. The molecule has 0 bridgehead atoms. The van der Waals surface area contributed by atoms with Gasteiger partial charge in [-0.25, -0.2) is 9.67 Å². The quantitative estimate of drug-likeness (QED) is 0.482. The second-order valence-electron chi connectivity index (χ2n) is 8.27. The van der Waals surface area contributed by atoms with Crippen molar-refractivity contribution >= 4 is 22.5 Å². The monoisotopic (exact) mass is 451 g/mol. The fourth-order valence-corrected chi connectivity index (χ4v) is 4.68. The van der Waals surface area contributed by atoms with Gasteiger partial charge in [-0.05, 0) is 43.5 Å². The van der Waals surface area contributed by atoms with E-state index in [1.807, 2.05) is 58.0 Å². The van der Waals surface area contributed by atoms with Crippen molar-refractivity contribution < 1.29 is 9.84 Å². The normalized spacial score (nSPS) is 13.5. The number of aliphatic hydroxyl groups is 1. The number of nitrogens with zero attached hydrogens (tertiary/aromatic N) is 5. The molecule has 166 valence electrons. The Bertz CT molecular complexity index is 1320. The van der Waals surface area contributed by atoms with Gasteiger partial charge in [-0.15, -0.1) is 5.10 Å². The molecule has 0 aliphatic heterocycles. The molecule has 0 saturated carbocycles. The number of methoxy groups -OCH3 is 1. The lowest BCUT2D eigenvalue weighted by Crippen LogP contribution is -2.32. The predicted octanol–water partition coefficient (Wildman–Crippen LogP) is 4.44. The number of aromatic nitrogens is 5. The van der Waals surface area contributed by atoms with Gasteiger partial charge in [0.25, 0.3) is 0 Å². The molecule has 0 saturated heterocycles. The predicted molar refractivity (Wildman–Crippen MR) is 124 cm³/mol. The van der Waals surface area contributed by atoms with Crippen molar-refractivity contribution in [2.45, 2.75) is 39.2 Å². The molecule has 0 fully saturated rings. The number of hydrogen-bond acceptors (Lipinski definition) is 6. The van der Waals surface area contributed by atoms with E-state index in [1.165, 1.54) is 0 Å².